The van der Waals surface area contributed by atoms with Gasteiger partial charge in [0.25, 0.3) is 5.69 Å². The normalized spacial score (nSPS) is 19.0. The van der Waals surface area contributed by atoms with E-state index in [1.54, 1.807) is 12.1 Å². The maximum absolute atomic E-state index is 13.6. The molecular weight excluding hydrogens is 414 g/mol. The maximum Gasteiger partial charge on any atom is 0.269 e. The molecule has 1 heterocycles. The van der Waals surface area contributed by atoms with Crippen LogP contribution in [0.3, 0.4) is 0 Å². The van der Waals surface area contributed by atoms with E-state index in [0.29, 0.717) is 6.42 Å². The Bertz CT molecular complexity index is 1350. The summed E-state index contributed by atoms with van der Waals surface area (Å²) in [6, 6.07) is 16.8. The molecule has 0 saturated carbocycles. The van der Waals surface area contributed by atoms with Crippen molar-refractivity contribution in [3.63, 3.8) is 0 Å². The fourth-order valence-electron chi connectivity index (χ4n) is 5.36. The van der Waals surface area contributed by atoms with Crippen molar-refractivity contribution in [2.24, 2.45) is 5.41 Å². The topological polar surface area (TPSA) is 75.5 Å². The number of fused-ring (bicyclic) bond motifs is 4. The Balaban J connectivity index is 1.82. The van der Waals surface area contributed by atoms with Gasteiger partial charge in [0, 0.05) is 60.7 Å². The zero-order chi connectivity index (χ0) is 23.5. The highest BCUT2D eigenvalue weighted by atomic mass is 16.6. The number of nitro groups is 1. The Kier molecular flexibility index (Phi) is 4.78. The van der Waals surface area contributed by atoms with Crippen molar-refractivity contribution in [3.8, 4) is 0 Å². The second kappa shape index (κ2) is 7.44. The molecule has 0 radical (unpaired) electrons. The van der Waals surface area contributed by atoms with Gasteiger partial charge < -0.3 is 10.2 Å². The molecule has 1 atom stereocenters. The largest absolute Gasteiger partial charge is 0.377 e. The molecule has 1 N–H and O–H groups in total. The number of carbonyl (C=O) groups excluding carboxylic acids is 1. The van der Waals surface area contributed by atoms with E-state index in [2.05, 4.69) is 43.4 Å². The van der Waals surface area contributed by atoms with Gasteiger partial charge in [0.1, 0.15) is 0 Å². The molecule has 0 amide bonds. The predicted octanol–water partition coefficient (Wildman–Crippen LogP) is 6.12. The molecule has 0 bridgehead atoms. The second-order valence-corrected chi connectivity index (χ2v) is 10.0. The van der Waals surface area contributed by atoms with Crippen molar-refractivity contribution in [2.75, 3.05) is 24.3 Å². The van der Waals surface area contributed by atoms with E-state index < -0.39 is 6.04 Å². The van der Waals surface area contributed by atoms with Gasteiger partial charge in [-0.25, -0.2) is 0 Å². The minimum Gasteiger partial charge on any atom is -0.377 e. The van der Waals surface area contributed by atoms with Gasteiger partial charge >= 0.3 is 0 Å². The molecule has 0 saturated heterocycles. The molecule has 5 rings (SSSR count). The molecule has 168 valence electrons. The molecule has 1 aliphatic heterocycles. The number of allylic oxidation sites excluding steroid dienone is 1. The molecule has 3 aromatic carbocycles. The van der Waals surface area contributed by atoms with Crippen LogP contribution in [0.5, 0.6) is 0 Å². The number of hydrogen-bond donors (Lipinski definition) is 1. The first-order chi connectivity index (χ1) is 15.7. The molecule has 3 aromatic rings. The SMILES string of the molecule is CN(C)c1ccc([N+](=O)[O-])cc1[C@@H]1Nc2ccc3ccccc3c2C2=C1C(=O)CC(C)(C)C2. The van der Waals surface area contributed by atoms with Crippen LogP contribution < -0.4 is 10.2 Å². The van der Waals surface area contributed by atoms with Crippen LogP contribution in [0.1, 0.15) is 43.9 Å². The van der Waals surface area contributed by atoms with Crippen LogP contribution in [-0.2, 0) is 4.79 Å². The average molecular weight is 442 g/mol. The molecule has 0 spiro atoms. The molecular formula is C27H27N3O3. The van der Waals surface area contributed by atoms with Gasteiger partial charge in [-0.2, -0.15) is 0 Å². The van der Waals surface area contributed by atoms with Crippen LogP contribution in [-0.4, -0.2) is 24.8 Å². The van der Waals surface area contributed by atoms with Crippen LogP contribution in [0, 0.1) is 15.5 Å². The summed E-state index contributed by atoms with van der Waals surface area (Å²) in [4.78, 5) is 26.8. The van der Waals surface area contributed by atoms with Crippen molar-refractivity contribution < 1.29 is 9.72 Å². The number of Topliss-reactive ketones (excluding diaryl/α,β-unsaturated/α-hetero) is 1. The van der Waals surface area contributed by atoms with Crippen molar-refractivity contribution in [1.29, 1.82) is 0 Å². The van der Waals surface area contributed by atoms with Gasteiger partial charge in [-0.1, -0.05) is 44.2 Å². The summed E-state index contributed by atoms with van der Waals surface area (Å²) < 4.78 is 0. The Labute approximate surface area is 193 Å². The third-order valence-corrected chi connectivity index (χ3v) is 6.75. The summed E-state index contributed by atoms with van der Waals surface area (Å²) in [5.74, 6) is 0.105. The Morgan fingerprint density at radius 1 is 1.06 bits per heavy atom. The lowest BCUT2D eigenvalue weighted by Crippen LogP contribution is -2.33. The Hall–Kier alpha value is -3.67. The number of non-ortho nitro benzene ring substituents is 1. The van der Waals surface area contributed by atoms with E-state index in [1.165, 1.54) is 6.07 Å². The van der Waals surface area contributed by atoms with Crippen LogP contribution in [0.4, 0.5) is 17.1 Å². The highest BCUT2D eigenvalue weighted by molar-refractivity contribution is 6.13. The molecule has 0 fully saturated rings. The molecule has 1 aliphatic carbocycles. The molecule has 0 unspecified atom stereocenters. The van der Waals surface area contributed by atoms with Crippen LogP contribution >= 0.6 is 0 Å². The smallest absolute Gasteiger partial charge is 0.269 e. The average Bonchev–Trinajstić information content (AvgIpc) is 2.76. The molecule has 6 heteroatoms. The molecule has 0 aromatic heterocycles. The number of nitrogens with one attached hydrogen (secondary N) is 1. The standard InChI is InChI=1S/C27H27N3O3/c1-27(2)14-20-24-18-8-6-5-7-16(18)9-11-21(24)28-26(25(20)23(31)15-27)19-13-17(30(32)33)10-12-22(19)29(3)4/h5-13,26,28H,14-15H2,1-4H3/t26-/m0/s1. The minimum atomic E-state index is -0.449. The van der Waals surface area contributed by atoms with Gasteiger partial charge in [-0.15, -0.1) is 0 Å². The van der Waals surface area contributed by atoms with Gasteiger partial charge in [0.05, 0.1) is 11.0 Å². The number of rotatable bonds is 3. The highest BCUT2D eigenvalue weighted by Crippen LogP contribution is 2.53. The van der Waals surface area contributed by atoms with Gasteiger partial charge in [-0.05, 0) is 40.3 Å². The number of carbonyl (C=O) groups is 1. The third kappa shape index (κ3) is 3.46. The monoisotopic (exact) mass is 441 g/mol. The summed E-state index contributed by atoms with van der Waals surface area (Å²) in [6.45, 7) is 4.27. The van der Waals surface area contributed by atoms with E-state index in [1.807, 2.05) is 31.1 Å². The first-order valence-corrected chi connectivity index (χ1v) is 11.2. The van der Waals surface area contributed by atoms with Crippen LogP contribution in [0.15, 0.2) is 60.2 Å². The van der Waals surface area contributed by atoms with E-state index in [4.69, 9.17) is 0 Å². The number of ketones is 1. The summed E-state index contributed by atoms with van der Waals surface area (Å²) in [7, 11) is 3.83. The van der Waals surface area contributed by atoms with Gasteiger partial charge in [-0.3, -0.25) is 14.9 Å². The lowest BCUT2D eigenvalue weighted by Gasteiger charge is -2.40. The Morgan fingerprint density at radius 2 is 1.82 bits per heavy atom. The number of nitro benzene ring substituents is 1. The van der Waals surface area contributed by atoms with Crippen molar-refractivity contribution in [3.05, 3.63) is 81.4 Å². The third-order valence-electron chi connectivity index (χ3n) is 6.75. The predicted molar refractivity (Wildman–Crippen MR) is 133 cm³/mol. The van der Waals surface area contributed by atoms with Crippen molar-refractivity contribution in [1.82, 2.24) is 0 Å². The lowest BCUT2D eigenvalue weighted by molar-refractivity contribution is -0.384. The zero-order valence-electron chi connectivity index (χ0n) is 19.3. The number of nitrogens with zero attached hydrogens (tertiary/aromatic N) is 2. The minimum absolute atomic E-state index is 0.0208. The summed E-state index contributed by atoms with van der Waals surface area (Å²) in [6.07, 6.45) is 1.23. The van der Waals surface area contributed by atoms with Gasteiger partial charge in [0.2, 0.25) is 0 Å². The molecule has 33 heavy (non-hydrogen) atoms. The summed E-state index contributed by atoms with van der Waals surface area (Å²) in [5, 5.41) is 17.4. The second-order valence-electron chi connectivity index (χ2n) is 10.0. The van der Waals surface area contributed by atoms with E-state index in [0.717, 1.165) is 50.8 Å². The van der Waals surface area contributed by atoms with Crippen LogP contribution in [0.2, 0.25) is 0 Å². The van der Waals surface area contributed by atoms with Crippen LogP contribution in [0.25, 0.3) is 16.3 Å². The molecule has 2 aliphatic rings. The first kappa shape index (κ1) is 21.2. The Morgan fingerprint density at radius 3 is 2.55 bits per heavy atom. The van der Waals surface area contributed by atoms with E-state index in [9.17, 15) is 14.9 Å². The van der Waals surface area contributed by atoms with E-state index in [-0.39, 0.29) is 21.8 Å². The fraction of sp³-hybridized carbons (Fsp3) is 0.296. The molecule has 6 nitrogen and oxygen atoms in total. The maximum atomic E-state index is 13.6. The fourth-order valence-corrected chi connectivity index (χ4v) is 5.36. The zero-order valence-corrected chi connectivity index (χ0v) is 19.3. The van der Waals surface area contributed by atoms with Crippen molar-refractivity contribution >= 4 is 39.2 Å². The number of benzene rings is 3. The van der Waals surface area contributed by atoms with Crippen molar-refractivity contribution in [2.45, 2.75) is 32.7 Å². The number of anilines is 2. The highest BCUT2D eigenvalue weighted by Gasteiger charge is 2.41. The quantitative estimate of drug-likeness (QED) is 0.391. The van der Waals surface area contributed by atoms with E-state index >= 15 is 0 Å². The summed E-state index contributed by atoms with van der Waals surface area (Å²) >= 11 is 0. The lowest BCUT2D eigenvalue weighted by atomic mass is 9.67. The summed E-state index contributed by atoms with van der Waals surface area (Å²) in [5.41, 5.74) is 5.30. The first-order valence-electron chi connectivity index (χ1n) is 11.2. The number of hydrogen-bond acceptors (Lipinski definition) is 5. The van der Waals surface area contributed by atoms with Gasteiger partial charge in [0.15, 0.2) is 5.78 Å².